The van der Waals surface area contributed by atoms with Crippen LogP contribution in [0.4, 0.5) is 10.5 Å². The Morgan fingerprint density at radius 3 is 2.48 bits per heavy atom. The maximum Gasteiger partial charge on any atom is 0.289 e. The highest BCUT2D eigenvalue weighted by atomic mass is 32.2. The zero-order chi connectivity index (χ0) is 22.9. The Bertz CT molecular complexity index is 1360. The molecule has 3 amide bonds. The maximum atomic E-state index is 12.8. The van der Waals surface area contributed by atoms with Crippen molar-refractivity contribution in [3.05, 3.63) is 89.7 Å². The molecule has 0 saturated carbocycles. The van der Waals surface area contributed by atoms with Crippen LogP contribution in [0, 0.1) is 6.92 Å². The normalized spacial score (nSPS) is 13.7. The lowest BCUT2D eigenvalue weighted by atomic mass is 10.1. The van der Waals surface area contributed by atoms with E-state index in [1.807, 2.05) is 43.3 Å². The Morgan fingerprint density at radius 1 is 1.03 bits per heavy atom. The van der Waals surface area contributed by atoms with Crippen LogP contribution in [-0.4, -0.2) is 37.3 Å². The number of aromatic nitrogens is 2. The van der Waals surface area contributed by atoms with Crippen LogP contribution in [-0.2, 0) is 11.3 Å². The molecule has 2 heterocycles. The summed E-state index contributed by atoms with van der Waals surface area (Å²) < 4.78 is 2.06. The Kier molecular flexibility index (Phi) is 5.43. The number of carbonyl (C=O) groups excluding carboxylic acids is 3. The van der Waals surface area contributed by atoms with Gasteiger partial charge in [-0.05, 0) is 55.0 Å². The summed E-state index contributed by atoms with van der Waals surface area (Å²) in [5, 5.41) is 2.66. The van der Waals surface area contributed by atoms with Crippen LogP contribution in [0.2, 0.25) is 0 Å². The van der Waals surface area contributed by atoms with Crippen molar-refractivity contribution in [2.75, 3.05) is 11.1 Å². The van der Waals surface area contributed by atoms with Crippen LogP contribution < -0.4 is 5.32 Å². The molecule has 33 heavy (non-hydrogen) atoms. The number of benzene rings is 3. The molecule has 1 N–H and O–H groups in total. The molecule has 4 aromatic rings. The quantitative estimate of drug-likeness (QED) is 0.467. The van der Waals surface area contributed by atoms with Crippen LogP contribution in [0.1, 0.15) is 21.7 Å². The first-order valence-corrected chi connectivity index (χ1v) is 11.4. The molecular formula is C25H20N4O3S. The Balaban J connectivity index is 1.32. The summed E-state index contributed by atoms with van der Waals surface area (Å²) in [5.74, 6) is 0.624. The van der Waals surface area contributed by atoms with Gasteiger partial charge in [-0.3, -0.25) is 23.9 Å². The number of nitrogens with one attached hydrogen (secondary N) is 1. The zero-order valence-electron chi connectivity index (χ0n) is 17.8. The largest absolute Gasteiger partial charge is 0.322 e. The summed E-state index contributed by atoms with van der Waals surface area (Å²) >= 11 is 1.02. The standard InChI is InChI=1S/C25H20N4O3S/c1-16-26-21-13-18(9-12-22(21)29(16)20-5-3-2-4-6-20)24(31)27-19-10-7-17(8-11-19)14-28-23(30)15-33-25(28)32/h2-13H,14-15H2,1H3,(H,27,31). The topological polar surface area (TPSA) is 84.3 Å². The predicted octanol–water partition coefficient (Wildman–Crippen LogP) is 4.78. The van der Waals surface area contributed by atoms with Gasteiger partial charge in [-0.1, -0.05) is 42.1 Å². The van der Waals surface area contributed by atoms with Crippen LogP contribution in [0.15, 0.2) is 72.8 Å². The number of carbonyl (C=O) groups is 3. The number of para-hydroxylation sites is 1. The molecule has 0 aliphatic carbocycles. The third kappa shape index (κ3) is 4.12. The monoisotopic (exact) mass is 456 g/mol. The van der Waals surface area contributed by atoms with Crippen molar-refractivity contribution in [2.45, 2.75) is 13.5 Å². The molecule has 0 radical (unpaired) electrons. The number of imidazole rings is 1. The lowest BCUT2D eigenvalue weighted by Gasteiger charge is -2.13. The van der Waals surface area contributed by atoms with Gasteiger partial charge >= 0.3 is 0 Å². The van der Waals surface area contributed by atoms with E-state index >= 15 is 0 Å². The van der Waals surface area contributed by atoms with Gasteiger partial charge in [-0.2, -0.15) is 0 Å². The van der Waals surface area contributed by atoms with Crippen LogP contribution >= 0.6 is 11.8 Å². The van der Waals surface area contributed by atoms with Crippen molar-refractivity contribution in [1.82, 2.24) is 14.5 Å². The number of fused-ring (bicyclic) bond motifs is 1. The fourth-order valence-corrected chi connectivity index (χ4v) is 4.58. The van der Waals surface area contributed by atoms with E-state index in [1.165, 1.54) is 4.90 Å². The van der Waals surface area contributed by atoms with E-state index in [1.54, 1.807) is 36.4 Å². The van der Waals surface area contributed by atoms with Crippen LogP contribution in [0.5, 0.6) is 0 Å². The van der Waals surface area contributed by atoms with Crippen molar-refractivity contribution < 1.29 is 14.4 Å². The number of amides is 3. The third-order valence-electron chi connectivity index (χ3n) is 5.49. The number of hydrogen-bond acceptors (Lipinski definition) is 5. The van der Waals surface area contributed by atoms with E-state index in [-0.39, 0.29) is 29.4 Å². The molecule has 1 aliphatic heterocycles. The highest BCUT2D eigenvalue weighted by Gasteiger charge is 2.29. The molecule has 0 unspecified atom stereocenters. The molecule has 3 aromatic carbocycles. The SMILES string of the molecule is Cc1nc2cc(C(=O)Nc3ccc(CN4C(=O)CSC4=O)cc3)ccc2n1-c1ccccc1. The molecule has 0 atom stereocenters. The number of aryl methyl sites for hydroxylation is 1. The molecule has 0 spiro atoms. The van der Waals surface area contributed by atoms with Crippen LogP contribution in [0.25, 0.3) is 16.7 Å². The Labute approximate surface area is 194 Å². The summed E-state index contributed by atoms with van der Waals surface area (Å²) in [4.78, 5) is 42.2. The van der Waals surface area contributed by atoms with Crippen molar-refractivity contribution >= 4 is 45.5 Å². The van der Waals surface area contributed by atoms with Gasteiger partial charge in [0.25, 0.3) is 11.1 Å². The minimum Gasteiger partial charge on any atom is -0.322 e. The summed E-state index contributed by atoms with van der Waals surface area (Å²) in [6, 6.07) is 22.6. The van der Waals surface area contributed by atoms with Crippen molar-refractivity contribution in [1.29, 1.82) is 0 Å². The molecule has 7 nitrogen and oxygen atoms in total. The summed E-state index contributed by atoms with van der Waals surface area (Å²) in [6.07, 6.45) is 0. The molecule has 8 heteroatoms. The van der Waals surface area contributed by atoms with Gasteiger partial charge < -0.3 is 5.32 Å². The number of rotatable bonds is 5. The first-order valence-electron chi connectivity index (χ1n) is 10.4. The zero-order valence-corrected chi connectivity index (χ0v) is 18.6. The minimum absolute atomic E-state index is 0.178. The van der Waals surface area contributed by atoms with Crippen molar-refractivity contribution in [3.63, 3.8) is 0 Å². The van der Waals surface area contributed by atoms with Gasteiger partial charge in [0.2, 0.25) is 5.91 Å². The highest BCUT2D eigenvalue weighted by molar-refractivity contribution is 8.14. The van der Waals surface area contributed by atoms with E-state index < -0.39 is 0 Å². The second-order valence-corrected chi connectivity index (χ2v) is 8.65. The van der Waals surface area contributed by atoms with E-state index in [4.69, 9.17) is 0 Å². The van der Waals surface area contributed by atoms with Gasteiger partial charge in [-0.25, -0.2) is 4.98 Å². The Hall–Kier alpha value is -3.91. The van der Waals surface area contributed by atoms with Crippen LogP contribution in [0.3, 0.4) is 0 Å². The molecule has 1 aromatic heterocycles. The molecule has 1 fully saturated rings. The van der Waals surface area contributed by atoms with E-state index in [9.17, 15) is 14.4 Å². The van der Waals surface area contributed by atoms with Gasteiger partial charge in [0.15, 0.2) is 0 Å². The van der Waals surface area contributed by atoms with E-state index in [0.29, 0.717) is 11.3 Å². The molecule has 164 valence electrons. The van der Waals surface area contributed by atoms with Crippen molar-refractivity contribution in [2.24, 2.45) is 0 Å². The fraction of sp³-hybridized carbons (Fsp3) is 0.120. The number of imide groups is 1. The first kappa shape index (κ1) is 21.0. The molecular weight excluding hydrogens is 436 g/mol. The number of thioether (sulfide) groups is 1. The van der Waals surface area contributed by atoms with Crippen molar-refractivity contribution in [3.8, 4) is 5.69 Å². The van der Waals surface area contributed by atoms with Gasteiger partial charge in [0.05, 0.1) is 23.3 Å². The fourth-order valence-electron chi connectivity index (χ4n) is 3.86. The lowest BCUT2D eigenvalue weighted by molar-refractivity contribution is -0.125. The summed E-state index contributed by atoms with van der Waals surface area (Å²) in [5.41, 5.74) is 4.66. The van der Waals surface area contributed by atoms with Gasteiger partial charge in [0.1, 0.15) is 5.82 Å². The molecule has 5 rings (SSSR count). The minimum atomic E-state index is -0.238. The second-order valence-electron chi connectivity index (χ2n) is 7.72. The van der Waals surface area contributed by atoms with Gasteiger partial charge in [-0.15, -0.1) is 0 Å². The number of hydrogen-bond donors (Lipinski definition) is 1. The average Bonchev–Trinajstić information content (AvgIpc) is 3.33. The third-order valence-corrected chi connectivity index (χ3v) is 6.35. The summed E-state index contributed by atoms with van der Waals surface area (Å²) in [6.45, 7) is 2.18. The predicted molar refractivity (Wildman–Crippen MR) is 129 cm³/mol. The maximum absolute atomic E-state index is 12.8. The van der Waals surface area contributed by atoms with E-state index in [2.05, 4.69) is 14.9 Å². The smallest absolute Gasteiger partial charge is 0.289 e. The molecule has 0 bridgehead atoms. The van der Waals surface area contributed by atoms with Gasteiger partial charge in [0, 0.05) is 16.9 Å². The highest BCUT2D eigenvalue weighted by Crippen LogP contribution is 2.24. The summed E-state index contributed by atoms with van der Waals surface area (Å²) in [7, 11) is 0. The number of nitrogens with zero attached hydrogens (tertiary/aromatic N) is 3. The first-order chi connectivity index (χ1) is 16.0. The molecule has 1 aliphatic rings. The van der Waals surface area contributed by atoms with E-state index in [0.717, 1.165) is 39.9 Å². The average molecular weight is 457 g/mol. The lowest BCUT2D eigenvalue weighted by Crippen LogP contribution is -2.27. The second kappa shape index (κ2) is 8.55. The number of anilines is 1. The molecule has 1 saturated heterocycles. The Morgan fingerprint density at radius 2 is 1.79 bits per heavy atom.